The number of ether oxygens (including phenoxy) is 1. The molecule has 1 fully saturated rings. The number of hydrogen-bond acceptors (Lipinski definition) is 7. The molecule has 0 radical (unpaired) electrons. The van der Waals surface area contributed by atoms with Crippen LogP contribution < -0.4 is 9.64 Å². The van der Waals surface area contributed by atoms with E-state index in [9.17, 15) is 13.0 Å². The SMILES string of the molecule is C=O.Cc1ccc(-c2noc(N3CCN(S(=O)c4ccc(OC(F)F)cc4)CC3)n2)cc1. The van der Waals surface area contributed by atoms with Gasteiger partial charge in [-0.05, 0) is 31.2 Å². The molecule has 0 spiro atoms. The molecule has 0 saturated carbocycles. The number of nitrogens with zero attached hydrogens (tertiary/aromatic N) is 4. The van der Waals surface area contributed by atoms with E-state index in [1.54, 1.807) is 0 Å². The summed E-state index contributed by atoms with van der Waals surface area (Å²) in [6, 6.07) is 14.2. The Kier molecular flexibility index (Phi) is 8.01. The Bertz CT molecular complexity index is 1020. The van der Waals surface area contributed by atoms with Crippen LogP contribution in [0.1, 0.15) is 5.56 Å². The third-order valence-electron chi connectivity index (χ3n) is 4.72. The zero-order valence-electron chi connectivity index (χ0n) is 17.3. The first-order chi connectivity index (χ1) is 15.5. The summed E-state index contributed by atoms with van der Waals surface area (Å²) in [5, 5.41) is 4.06. The topological polar surface area (TPSA) is 88.8 Å². The summed E-state index contributed by atoms with van der Waals surface area (Å²) >= 11 is 0. The molecule has 1 aromatic heterocycles. The van der Waals surface area contributed by atoms with E-state index in [0.717, 1.165) is 11.1 Å². The Balaban J connectivity index is 0.00000141. The Morgan fingerprint density at radius 2 is 1.66 bits per heavy atom. The van der Waals surface area contributed by atoms with E-state index in [2.05, 4.69) is 14.9 Å². The predicted octanol–water partition coefficient (Wildman–Crippen LogP) is 3.31. The van der Waals surface area contributed by atoms with Crippen molar-refractivity contribution in [2.24, 2.45) is 0 Å². The maximum absolute atomic E-state index is 12.8. The molecule has 0 aliphatic carbocycles. The van der Waals surface area contributed by atoms with Crippen molar-refractivity contribution < 1.29 is 27.0 Å². The number of aromatic nitrogens is 2. The first-order valence-electron chi connectivity index (χ1n) is 9.66. The Morgan fingerprint density at radius 3 is 2.25 bits per heavy atom. The molecule has 1 aliphatic heterocycles. The third kappa shape index (κ3) is 5.74. The number of carbonyl (C=O) groups is 1. The molecule has 0 amide bonds. The zero-order valence-corrected chi connectivity index (χ0v) is 18.1. The molecular weight excluding hydrogens is 442 g/mol. The molecular formula is C21H22F2N4O4S. The average Bonchev–Trinajstić information content (AvgIpc) is 3.31. The van der Waals surface area contributed by atoms with Gasteiger partial charge >= 0.3 is 12.6 Å². The quantitative estimate of drug-likeness (QED) is 0.553. The summed E-state index contributed by atoms with van der Waals surface area (Å²) in [7, 11) is -1.39. The van der Waals surface area contributed by atoms with Crippen molar-refractivity contribution in [3.63, 3.8) is 0 Å². The van der Waals surface area contributed by atoms with Crippen LogP contribution in [0.25, 0.3) is 11.4 Å². The van der Waals surface area contributed by atoms with Gasteiger partial charge in [-0.2, -0.15) is 13.8 Å². The molecule has 0 bridgehead atoms. The predicted molar refractivity (Wildman–Crippen MR) is 115 cm³/mol. The smallest absolute Gasteiger partial charge is 0.387 e. The fraction of sp³-hybridized carbons (Fsp3) is 0.286. The molecule has 1 unspecified atom stereocenters. The molecule has 2 aromatic carbocycles. The largest absolute Gasteiger partial charge is 0.435 e. The molecule has 2 heterocycles. The molecule has 170 valence electrons. The lowest BCUT2D eigenvalue weighted by atomic mass is 10.1. The van der Waals surface area contributed by atoms with Crippen LogP contribution in [0.5, 0.6) is 5.75 Å². The first kappa shape index (κ1) is 23.5. The molecule has 0 N–H and O–H groups in total. The highest BCUT2D eigenvalue weighted by Gasteiger charge is 2.25. The van der Waals surface area contributed by atoms with Gasteiger partial charge in [0.05, 0.1) is 4.90 Å². The summed E-state index contributed by atoms with van der Waals surface area (Å²) in [6.07, 6.45) is 0. The Hall–Kier alpha value is -3.18. The van der Waals surface area contributed by atoms with E-state index >= 15 is 0 Å². The van der Waals surface area contributed by atoms with Gasteiger partial charge < -0.3 is 19.0 Å². The minimum Gasteiger partial charge on any atom is -0.435 e. The lowest BCUT2D eigenvalue weighted by molar-refractivity contribution is -0.0980. The molecule has 11 heteroatoms. The van der Waals surface area contributed by atoms with Crippen LogP contribution >= 0.6 is 0 Å². The van der Waals surface area contributed by atoms with Crippen molar-refractivity contribution in [2.45, 2.75) is 18.4 Å². The van der Waals surface area contributed by atoms with E-state index in [-0.39, 0.29) is 5.75 Å². The second kappa shape index (κ2) is 10.9. The van der Waals surface area contributed by atoms with Crippen molar-refractivity contribution >= 4 is 23.8 Å². The molecule has 32 heavy (non-hydrogen) atoms. The van der Waals surface area contributed by atoms with Gasteiger partial charge in [0.25, 0.3) is 0 Å². The van der Waals surface area contributed by atoms with Crippen LogP contribution in [0, 0.1) is 6.92 Å². The average molecular weight is 464 g/mol. The first-order valence-corrected chi connectivity index (χ1v) is 10.8. The van der Waals surface area contributed by atoms with E-state index in [1.165, 1.54) is 24.3 Å². The molecule has 4 rings (SSSR count). The summed E-state index contributed by atoms with van der Waals surface area (Å²) in [6.45, 7) is 3.35. The standard InChI is InChI=1S/C20H20F2N4O3S.CH2O/c1-14-2-4-15(5-3-14)18-23-20(29-24-18)25-10-12-26(13-11-25)30(27)17-8-6-16(7-9-17)28-19(21)22;1-2/h2-9,19H,10-13H2,1H3;1H2. The van der Waals surface area contributed by atoms with Gasteiger partial charge in [-0.25, -0.2) is 8.51 Å². The fourth-order valence-corrected chi connectivity index (χ4v) is 4.26. The van der Waals surface area contributed by atoms with Gasteiger partial charge in [-0.15, -0.1) is 0 Å². The number of carbonyl (C=O) groups excluding carboxylic acids is 1. The number of rotatable bonds is 6. The van der Waals surface area contributed by atoms with Crippen LogP contribution in [-0.4, -0.2) is 58.2 Å². The lowest BCUT2D eigenvalue weighted by Crippen LogP contribution is -2.47. The maximum Gasteiger partial charge on any atom is 0.387 e. The van der Waals surface area contributed by atoms with Crippen LogP contribution in [0.4, 0.5) is 14.8 Å². The van der Waals surface area contributed by atoms with Crippen LogP contribution in [0.3, 0.4) is 0 Å². The number of piperazine rings is 1. The van der Waals surface area contributed by atoms with E-state index in [0.29, 0.717) is 42.9 Å². The summed E-state index contributed by atoms with van der Waals surface area (Å²) in [4.78, 5) is 15.0. The van der Waals surface area contributed by atoms with Gasteiger partial charge in [-0.1, -0.05) is 35.0 Å². The van der Waals surface area contributed by atoms with Gasteiger partial charge in [-0.3, -0.25) is 0 Å². The summed E-state index contributed by atoms with van der Waals surface area (Å²) in [5.74, 6) is 0.568. The highest BCUT2D eigenvalue weighted by Crippen LogP contribution is 2.23. The third-order valence-corrected chi connectivity index (χ3v) is 6.23. The van der Waals surface area contributed by atoms with Gasteiger partial charge in [0.15, 0.2) is 0 Å². The number of hydrogen-bond donors (Lipinski definition) is 0. The molecule has 1 aliphatic rings. The summed E-state index contributed by atoms with van der Waals surface area (Å²) in [5.41, 5.74) is 2.04. The van der Waals surface area contributed by atoms with E-state index in [1.807, 2.05) is 47.2 Å². The molecule has 8 nitrogen and oxygen atoms in total. The van der Waals surface area contributed by atoms with E-state index in [4.69, 9.17) is 9.32 Å². The number of halogens is 2. The van der Waals surface area contributed by atoms with Crippen LogP contribution in [0.2, 0.25) is 0 Å². The van der Waals surface area contributed by atoms with Crippen molar-refractivity contribution in [1.29, 1.82) is 0 Å². The van der Waals surface area contributed by atoms with Crippen LogP contribution in [0.15, 0.2) is 57.9 Å². The minimum absolute atomic E-state index is 0.0383. The second-order valence-corrected chi connectivity index (χ2v) is 8.27. The fourth-order valence-electron chi connectivity index (χ4n) is 3.10. The van der Waals surface area contributed by atoms with Crippen molar-refractivity contribution in [3.8, 4) is 17.1 Å². The van der Waals surface area contributed by atoms with Gasteiger partial charge in [0.1, 0.15) is 23.5 Å². The highest BCUT2D eigenvalue weighted by molar-refractivity contribution is 7.82. The molecule has 1 saturated heterocycles. The number of benzene rings is 2. The van der Waals surface area contributed by atoms with Gasteiger partial charge in [0, 0.05) is 31.7 Å². The maximum atomic E-state index is 12.8. The number of alkyl halides is 2. The number of anilines is 1. The molecule has 1 atom stereocenters. The van der Waals surface area contributed by atoms with Crippen molar-refractivity contribution in [2.75, 3.05) is 31.1 Å². The van der Waals surface area contributed by atoms with Crippen LogP contribution in [-0.2, 0) is 15.8 Å². The monoisotopic (exact) mass is 464 g/mol. The normalized spacial score (nSPS) is 15.2. The summed E-state index contributed by atoms with van der Waals surface area (Å²) < 4.78 is 48.8. The highest BCUT2D eigenvalue weighted by atomic mass is 32.2. The lowest BCUT2D eigenvalue weighted by Gasteiger charge is -2.32. The van der Waals surface area contributed by atoms with Gasteiger partial charge in [0.2, 0.25) is 5.82 Å². The van der Waals surface area contributed by atoms with E-state index < -0.39 is 17.6 Å². The zero-order chi connectivity index (χ0) is 23.1. The molecule has 3 aromatic rings. The minimum atomic E-state index is -2.88. The second-order valence-electron chi connectivity index (χ2n) is 6.78. The Labute approximate surface area is 186 Å². The Morgan fingerprint density at radius 1 is 1.03 bits per heavy atom. The number of aryl methyl sites for hydroxylation is 1. The van der Waals surface area contributed by atoms with Crippen molar-refractivity contribution in [3.05, 3.63) is 54.1 Å². The van der Waals surface area contributed by atoms with Crippen molar-refractivity contribution in [1.82, 2.24) is 14.4 Å².